The highest BCUT2D eigenvalue weighted by atomic mass is 79.9. The molecule has 0 aliphatic carbocycles. The quantitative estimate of drug-likeness (QED) is 0.280. The van der Waals surface area contributed by atoms with Crippen molar-refractivity contribution in [1.29, 1.82) is 0 Å². The number of anilines is 1. The zero-order chi connectivity index (χ0) is 31.6. The molecule has 0 spiro atoms. The molecule has 0 aromatic heterocycles. The third-order valence-electron chi connectivity index (χ3n) is 7.70. The van der Waals surface area contributed by atoms with Gasteiger partial charge in [0.2, 0.25) is 0 Å². The maximum atomic E-state index is 5.76. The molecule has 0 radical (unpaired) electrons. The lowest BCUT2D eigenvalue weighted by Gasteiger charge is -2.23. The van der Waals surface area contributed by atoms with Gasteiger partial charge in [0.25, 0.3) is 0 Å². The fraction of sp³-hybridized carbons (Fsp3) is 0.316. The number of nitrogens with one attached hydrogen (secondary N) is 1. The summed E-state index contributed by atoms with van der Waals surface area (Å²) in [5.74, 6) is 0.839. The van der Waals surface area contributed by atoms with Crippen molar-refractivity contribution in [1.82, 2.24) is 0 Å². The number of hydrogen-bond acceptors (Lipinski definition) is 2. The second-order valence-corrected chi connectivity index (χ2v) is 14.6. The molecule has 0 saturated heterocycles. The standard InChI is InChI=1S/C38H45Br2NO/c1-23(31-19-29(37(5,6)7)21-33(39)35(31)41-11)13-15-27-17-18-28(26(4)25(27)3)16-14-24(2)32-20-30(38(8,9)10)22-34(40)36(32)42-12/h13-22,41H,3-4H2,1-2,5-12H3/b23-13+,24-14+,27-15-,28-16-. The van der Waals surface area contributed by atoms with Crippen molar-refractivity contribution in [3.8, 4) is 5.75 Å². The Morgan fingerprint density at radius 2 is 1.17 bits per heavy atom. The number of rotatable bonds is 6. The summed E-state index contributed by atoms with van der Waals surface area (Å²) in [4.78, 5) is 0. The SMILES string of the molecule is C=c1c(=C)/c(=C\C=C(/C)c2cc(C(C)(C)C)cc(Br)c2OC)cc/c1=C/C=C(\C)c1cc(C(C)(C)C)cc(Br)c1NC. The van der Waals surface area contributed by atoms with Crippen LogP contribution in [-0.2, 0) is 10.8 Å². The van der Waals surface area contributed by atoms with Gasteiger partial charge >= 0.3 is 0 Å². The Kier molecular flexibility index (Phi) is 10.6. The summed E-state index contributed by atoms with van der Waals surface area (Å²) < 4.78 is 7.78. The molecule has 3 aromatic carbocycles. The van der Waals surface area contributed by atoms with Crippen molar-refractivity contribution in [2.24, 2.45) is 0 Å². The number of allylic oxidation sites excluding steroid dienone is 4. The first-order valence-corrected chi connectivity index (χ1v) is 15.8. The number of halogens is 2. The molecule has 0 unspecified atom stereocenters. The van der Waals surface area contributed by atoms with E-state index < -0.39 is 0 Å². The normalized spacial score (nSPS) is 14.0. The molecule has 2 nitrogen and oxygen atoms in total. The van der Waals surface area contributed by atoms with E-state index in [9.17, 15) is 0 Å². The predicted octanol–water partition coefficient (Wildman–Crippen LogP) is 8.45. The van der Waals surface area contributed by atoms with Crippen molar-refractivity contribution in [3.05, 3.63) is 101 Å². The average molecular weight is 692 g/mol. The van der Waals surface area contributed by atoms with Crippen molar-refractivity contribution in [3.63, 3.8) is 0 Å². The Morgan fingerprint density at radius 3 is 1.60 bits per heavy atom. The van der Waals surface area contributed by atoms with Crippen LogP contribution in [0.4, 0.5) is 5.69 Å². The van der Waals surface area contributed by atoms with Gasteiger partial charge in [-0.1, -0.05) is 91.1 Å². The molecule has 0 saturated carbocycles. The van der Waals surface area contributed by atoms with Crippen LogP contribution in [0.2, 0.25) is 0 Å². The van der Waals surface area contributed by atoms with Crippen LogP contribution >= 0.6 is 31.9 Å². The zero-order valence-electron chi connectivity index (χ0n) is 26.9. The van der Waals surface area contributed by atoms with E-state index in [0.29, 0.717) is 0 Å². The Labute approximate surface area is 269 Å². The van der Waals surface area contributed by atoms with Crippen LogP contribution < -0.4 is 30.9 Å². The first-order valence-electron chi connectivity index (χ1n) is 14.2. The van der Waals surface area contributed by atoms with Crippen LogP contribution in [0.3, 0.4) is 0 Å². The molecule has 222 valence electrons. The summed E-state index contributed by atoms with van der Waals surface area (Å²) in [6, 6.07) is 13.1. The van der Waals surface area contributed by atoms with Crippen molar-refractivity contribution < 1.29 is 4.74 Å². The lowest BCUT2D eigenvalue weighted by Crippen LogP contribution is -2.45. The predicted molar refractivity (Wildman–Crippen MR) is 194 cm³/mol. The number of benzene rings is 3. The molecule has 3 aromatic rings. The highest BCUT2D eigenvalue weighted by Crippen LogP contribution is 2.38. The van der Waals surface area contributed by atoms with E-state index in [4.69, 9.17) is 4.74 Å². The van der Waals surface area contributed by atoms with E-state index in [1.807, 2.05) is 7.05 Å². The van der Waals surface area contributed by atoms with E-state index in [1.165, 1.54) is 22.3 Å². The highest BCUT2D eigenvalue weighted by molar-refractivity contribution is 9.11. The summed E-state index contributed by atoms with van der Waals surface area (Å²) in [5, 5.41) is 7.30. The Balaban J connectivity index is 2.08. The fourth-order valence-corrected chi connectivity index (χ4v) is 6.06. The van der Waals surface area contributed by atoms with E-state index in [2.05, 4.69) is 166 Å². The largest absolute Gasteiger partial charge is 0.495 e. The van der Waals surface area contributed by atoms with Gasteiger partial charge in [-0.05, 0) is 124 Å². The van der Waals surface area contributed by atoms with Crippen molar-refractivity contribution in [2.45, 2.75) is 66.2 Å². The van der Waals surface area contributed by atoms with Crippen molar-refractivity contribution in [2.75, 3.05) is 19.5 Å². The molecule has 1 N–H and O–H groups in total. The van der Waals surface area contributed by atoms with Gasteiger partial charge in [-0.25, -0.2) is 0 Å². The first kappa shape index (κ1) is 33.7. The summed E-state index contributed by atoms with van der Waals surface area (Å²) in [6.45, 7) is 26.4. The van der Waals surface area contributed by atoms with E-state index in [0.717, 1.165) is 52.4 Å². The molecule has 0 heterocycles. The molecule has 0 fully saturated rings. The average Bonchev–Trinajstić information content (AvgIpc) is 2.90. The summed E-state index contributed by atoms with van der Waals surface area (Å²) in [5.41, 5.74) is 8.22. The fourth-order valence-electron chi connectivity index (χ4n) is 4.78. The van der Waals surface area contributed by atoms with Crippen LogP contribution in [0.1, 0.15) is 77.6 Å². The van der Waals surface area contributed by atoms with E-state index in [1.54, 1.807) is 7.11 Å². The Bertz CT molecular complexity index is 1650. The maximum Gasteiger partial charge on any atom is 0.140 e. The van der Waals surface area contributed by atoms with Gasteiger partial charge in [-0.2, -0.15) is 0 Å². The second-order valence-electron chi connectivity index (χ2n) is 12.9. The summed E-state index contributed by atoms with van der Waals surface area (Å²) >= 11 is 7.48. The second kappa shape index (κ2) is 13.2. The van der Waals surface area contributed by atoms with Crippen LogP contribution in [0.15, 0.2) is 57.5 Å². The molecule has 0 aliphatic heterocycles. The monoisotopic (exact) mass is 689 g/mol. The smallest absolute Gasteiger partial charge is 0.140 e. The molecule has 0 atom stereocenters. The lowest BCUT2D eigenvalue weighted by atomic mass is 9.85. The minimum absolute atomic E-state index is 0.0243. The van der Waals surface area contributed by atoms with Gasteiger partial charge < -0.3 is 10.1 Å². The van der Waals surface area contributed by atoms with Crippen LogP contribution in [0, 0.1) is 0 Å². The van der Waals surface area contributed by atoms with Gasteiger partial charge in [-0.3, -0.25) is 0 Å². The molecule has 42 heavy (non-hydrogen) atoms. The molecule has 0 amide bonds. The number of ether oxygens (including phenoxy) is 1. The minimum atomic E-state index is 0.0243. The maximum absolute atomic E-state index is 5.76. The molecular formula is C38H45Br2NO. The lowest BCUT2D eigenvalue weighted by molar-refractivity contribution is 0.410. The summed E-state index contributed by atoms with van der Waals surface area (Å²) in [7, 11) is 3.67. The van der Waals surface area contributed by atoms with Crippen LogP contribution in [0.5, 0.6) is 5.75 Å². The summed E-state index contributed by atoms with van der Waals surface area (Å²) in [6.07, 6.45) is 8.54. The van der Waals surface area contributed by atoms with Gasteiger partial charge in [0.05, 0.1) is 17.3 Å². The third kappa shape index (κ3) is 7.57. The molecule has 0 aliphatic rings. The van der Waals surface area contributed by atoms with Gasteiger partial charge in [-0.15, -0.1) is 0 Å². The first-order chi connectivity index (χ1) is 19.5. The van der Waals surface area contributed by atoms with Gasteiger partial charge in [0.15, 0.2) is 0 Å². The third-order valence-corrected chi connectivity index (χ3v) is 8.91. The van der Waals surface area contributed by atoms with Crippen molar-refractivity contribution >= 4 is 74.0 Å². The van der Waals surface area contributed by atoms with Gasteiger partial charge in [0.1, 0.15) is 5.75 Å². The molecule has 3 rings (SSSR count). The molecular weight excluding hydrogens is 646 g/mol. The molecule has 4 heteroatoms. The topological polar surface area (TPSA) is 21.3 Å². The molecule has 0 bridgehead atoms. The zero-order valence-corrected chi connectivity index (χ0v) is 30.0. The number of hydrogen-bond donors (Lipinski definition) is 1. The highest BCUT2D eigenvalue weighted by Gasteiger charge is 2.20. The minimum Gasteiger partial charge on any atom is -0.495 e. The van der Waals surface area contributed by atoms with Crippen LogP contribution in [-0.4, -0.2) is 14.2 Å². The van der Waals surface area contributed by atoms with Crippen LogP contribution in [0.25, 0.3) is 36.5 Å². The van der Waals surface area contributed by atoms with E-state index >= 15 is 0 Å². The number of methoxy groups -OCH3 is 1. The van der Waals surface area contributed by atoms with E-state index in [-0.39, 0.29) is 10.8 Å². The van der Waals surface area contributed by atoms with Gasteiger partial charge in [0, 0.05) is 22.6 Å². The Morgan fingerprint density at radius 1 is 0.738 bits per heavy atom. The Hall–Kier alpha value is -2.82.